The van der Waals surface area contributed by atoms with Crippen LogP contribution in [0.15, 0.2) is 18.3 Å². The van der Waals surface area contributed by atoms with E-state index in [0.29, 0.717) is 17.8 Å². The van der Waals surface area contributed by atoms with Gasteiger partial charge in [0.1, 0.15) is 6.54 Å². The van der Waals surface area contributed by atoms with E-state index in [9.17, 15) is 18.3 Å². The normalized spacial score (nSPS) is 13.7. The predicted octanol–water partition coefficient (Wildman–Crippen LogP) is 3.30. The van der Waals surface area contributed by atoms with Crippen molar-refractivity contribution in [2.75, 3.05) is 11.4 Å². The maximum absolute atomic E-state index is 12.5. The lowest BCUT2D eigenvalue weighted by Crippen LogP contribution is -2.39. The summed E-state index contributed by atoms with van der Waals surface area (Å²) in [6, 6.07) is 2.84. The Morgan fingerprint density at radius 3 is 2.32 bits per heavy atom. The molecule has 0 amide bonds. The number of alkyl halides is 3. The smallest absolute Gasteiger partial charge is 0.387 e. The van der Waals surface area contributed by atoms with Crippen LogP contribution in [0.1, 0.15) is 39.0 Å². The average molecular weight is 276 g/mol. The zero-order chi connectivity index (χ0) is 14.6. The molecule has 0 spiro atoms. The molecule has 0 fully saturated rings. The maximum atomic E-state index is 12.5. The van der Waals surface area contributed by atoms with Gasteiger partial charge in [-0.2, -0.15) is 13.2 Å². The lowest BCUT2D eigenvalue weighted by atomic mass is 10.1. The molecule has 0 bridgehead atoms. The first-order valence-corrected chi connectivity index (χ1v) is 6.22. The minimum Gasteiger partial charge on any atom is -0.387 e. The summed E-state index contributed by atoms with van der Waals surface area (Å²) in [5.74, 6) is 0. The van der Waals surface area contributed by atoms with Crippen LogP contribution in [0.5, 0.6) is 0 Å². The maximum Gasteiger partial charge on any atom is 0.405 e. The summed E-state index contributed by atoms with van der Waals surface area (Å²) in [5.41, 5.74) is 0.876. The monoisotopic (exact) mass is 276 g/mol. The van der Waals surface area contributed by atoms with Crippen LogP contribution in [0.25, 0.3) is 0 Å². The summed E-state index contributed by atoms with van der Waals surface area (Å²) in [7, 11) is 0. The van der Waals surface area contributed by atoms with Gasteiger partial charge in [0.05, 0.1) is 23.7 Å². The molecule has 1 aromatic rings. The van der Waals surface area contributed by atoms with E-state index in [-0.39, 0.29) is 6.04 Å². The quantitative estimate of drug-likeness (QED) is 0.896. The first-order valence-electron chi connectivity index (χ1n) is 6.22. The fourth-order valence-electron chi connectivity index (χ4n) is 1.74. The highest BCUT2D eigenvalue weighted by Crippen LogP contribution is 2.24. The van der Waals surface area contributed by atoms with Gasteiger partial charge in [0, 0.05) is 6.04 Å². The minimum atomic E-state index is -4.26. The number of nitrogens with zero attached hydrogens (tertiary/aromatic N) is 2. The summed E-state index contributed by atoms with van der Waals surface area (Å²) in [5, 5.41) is 9.60. The second kappa shape index (κ2) is 6.23. The Kier molecular flexibility index (Phi) is 5.17. The fraction of sp³-hybridized carbons (Fsp3) is 0.615. The van der Waals surface area contributed by atoms with Gasteiger partial charge in [-0.3, -0.25) is 4.98 Å². The number of pyridine rings is 1. The van der Waals surface area contributed by atoms with Crippen molar-refractivity contribution in [1.82, 2.24) is 4.98 Å². The van der Waals surface area contributed by atoms with E-state index in [0.717, 1.165) is 0 Å². The number of aliphatic hydroxyl groups is 1. The molecule has 3 nitrogen and oxygen atoms in total. The van der Waals surface area contributed by atoms with Crippen LogP contribution in [-0.4, -0.2) is 28.9 Å². The molecular weight excluding hydrogens is 257 g/mol. The lowest BCUT2D eigenvalue weighted by molar-refractivity contribution is -0.120. The summed E-state index contributed by atoms with van der Waals surface area (Å²) >= 11 is 0. The molecule has 0 aliphatic carbocycles. The molecule has 0 saturated heterocycles. The predicted molar refractivity (Wildman–Crippen MR) is 68.0 cm³/mol. The SMILES string of the molecule is CC[C@H](O)c1ccc(N(CC(F)(F)F)C(C)C)cn1. The summed E-state index contributed by atoms with van der Waals surface area (Å²) in [4.78, 5) is 5.25. The summed E-state index contributed by atoms with van der Waals surface area (Å²) in [6.07, 6.45) is -3.04. The van der Waals surface area contributed by atoms with Crippen molar-refractivity contribution in [3.63, 3.8) is 0 Å². The Bertz CT molecular complexity index is 390. The first-order chi connectivity index (χ1) is 8.74. The van der Waals surface area contributed by atoms with E-state index >= 15 is 0 Å². The highest BCUT2D eigenvalue weighted by atomic mass is 19.4. The second-order valence-electron chi connectivity index (χ2n) is 4.70. The van der Waals surface area contributed by atoms with E-state index in [4.69, 9.17) is 0 Å². The molecule has 0 unspecified atom stereocenters. The Morgan fingerprint density at radius 1 is 1.32 bits per heavy atom. The van der Waals surface area contributed by atoms with E-state index in [1.165, 1.54) is 11.1 Å². The number of hydrogen-bond donors (Lipinski definition) is 1. The van der Waals surface area contributed by atoms with Gasteiger partial charge in [0.15, 0.2) is 0 Å². The molecule has 108 valence electrons. The molecule has 6 heteroatoms. The zero-order valence-corrected chi connectivity index (χ0v) is 11.3. The third kappa shape index (κ3) is 4.70. The van der Waals surface area contributed by atoms with Crippen LogP contribution in [0.3, 0.4) is 0 Å². The Balaban J connectivity index is 2.92. The van der Waals surface area contributed by atoms with Crippen molar-refractivity contribution >= 4 is 5.69 Å². The van der Waals surface area contributed by atoms with E-state index in [1.807, 2.05) is 6.92 Å². The number of hydrogen-bond acceptors (Lipinski definition) is 3. The van der Waals surface area contributed by atoms with Crippen molar-refractivity contribution in [2.24, 2.45) is 0 Å². The van der Waals surface area contributed by atoms with Crippen LogP contribution < -0.4 is 4.90 Å². The molecule has 1 atom stereocenters. The molecule has 0 aromatic carbocycles. The van der Waals surface area contributed by atoms with E-state index in [1.54, 1.807) is 26.0 Å². The summed E-state index contributed by atoms with van der Waals surface area (Å²) in [6.45, 7) is 4.19. The highest BCUT2D eigenvalue weighted by molar-refractivity contribution is 5.45. The fourth-order valence-corrected chi connectivity index (χ4v) is 1.74. The molecule has 19 heavy (non-hydrogen) atoms. The minimum absolute atomic E-state index is 0.287. The molecule has 1 heterocycles. The van der Waals surface area contributed by atoms with Gasteiger partial charge >= 0.3 is 6.18 Å². The van der Waals surface area contributed by atoms with Crippen molar-refractivity contribution < 1.29 is 18.3 Å². The van der Waals surface area contributed by atoms with Crippen molar-refractivity contribution in [2.45, 2.75) is 45.5 Å². The van der Waals surface area contributed by atoms with Gasteiger partial charge < -0.3 is 10.0 Å². The lowest BCUT2D eigenvalue weighted by Gasteiger charge is -2.29. The molecule has 0 aliphatic rings. The van der Waals surface area contributed by atoms with Crippen LogP contribution in [-0.2, 0) is 0 Å². The van der Waals surface area contributed by atoms with Gasteiger partial charge in [-0.15, -0.1) is 0 Å². The molecule has 1 rings (SSSR count). The van der Waals surface area contributed by atoms with Gasteiger partial charge in [0.2, 0.25) is 0 Å². The van der Waals surface area contributed by atoms with Crippen LogP contribution in [0, 0.1) is 0 Å². The number of halogens is 3. The number of anilines is 1. The molecule has 0 saturated carbocycles. The van der Waals surface area contributed by atoms with Crippen molar-refractivity contribution in [3.05, 3.63) is 24.0 Å². The number of aromatic nitrogens is 1. The van der Waals surface area contributed by atoms with E-state index in [2.05, 4.69) is 4.98 Å². The molecular formula is C13H19F3N2O. The third-order valence-electron chi connectivity index (χ3n) is 2.80. The van der Waals surface area contributed by atoms with Crippen LogP contribution in [0.2, 0.25) is 0 Å². The number of aliphatic hydroxyl groups excluding tert-OH is 1. The topological polar surface area (TPSA) is 36.4 Å². The van der Waals surface area contributed by atoms with E-state index < -0.39 is 18.8 Å². The van der Waals surface area contributed by atoms with Gasteiger partial charge in [0.25, 0.3) is 0 Å². The Labute approximate surface area is 111 Å². The first kappa shape index (κ1) is 15.8. The number of rotatable bonds is 5. The van der Waals surface area contributed by atoms with Gasteiger partial charge in [-0.1, -0.05) is 6.92 Å². The second-order valence-corrected chi connectivity index (χ2v) is 4.70. The standard InChI is InChI=1S/C13H19F3N2O/c1-4-12(19)11-6-5-10(7-17-11)18(9(2)3)8-13(14,15)16/h5-7,9,12,19H,4,8H2,1-3H3/t12-/m0/s1. The summed E-state index contributed by atoms with van der Waals surface area (Å²) < 4.78 is 37.5. The molecule has 1 aromatic heterocycles. The largest absolute Gasteiger partial charge is 0.405 e. The van der Waals surface area contributed by atoms with Gasteiger partial charge in [-0.05, 0) is 32.4 Å². The highest BCUT2D eigenvalue weighted by Gasteiger charge is 2.32. The zero-order valence-electron chi connectivity index (χ0n) is 11.3. The van der Waals surface area contributed by atoms with Crippen molar-refractivity contribution in [3.8, 4) is 0 Å². The Hall–Kier alpha value is -1.30. The van der Waals surface area contributed by atoms with Gasteiger partial charge in [-0.25, -0.2) is 0 Å². The van der Waals surface area contributed by atoms with Crippen LogP contribution in [0.4, 0.5) is 18.9 Å². The van der Waals surface area contributed by atoms with Crippen LogP contribution >= 0.6 is 0 Å². The third-order valence-corrected chi connectivity index (χ3v) is 2.80. The molecule has 1 N–H and O–H groups in total. The van der Waals surface area contributed by atoms with Crippen molar-refractivity contribution in [1.29, 1.82) is 0 Å². The average Bonchev–Trinajstić information content (AvgIpc) is 2.34. The molecule has 0 radical (unpaired) electrons. The Morgan fingerprint density at radius 2 is 1.95 bits per heavy atom. The molecule has 0 aliphatic heterocycles.